The van der Waals surface area contributed by atoms with E-state index in [9.17, 15) is 4.79 Å². The molecule has 1 atom stereocenters. The highest BCUT2D eigenvalue weighted by Crippen LogP contribution is 2.42. The summed E-state index contributed by atoms with van der Waals surface area (Å²) in [5, 5.41) is 3.49. The Labute approximate surface area is 110 Å². The summed E-state index contributed by atoms with van der Waals surface area (Å²) >= 11 is 0. The van der Waals surface area contributed by atoms with E-state index in [1.165, 1.54) is 6.42 Å². The van der Waals surface area contributed by atoms with Gasteiger partial charge in [0.15, 0.2) is 0 Å². The van der Waals surface area contributed by atoms with E-state index >= 15 is 0 Å². The van der Waals surface area contributed by atoms with E-state index < -0.39 is 0 Å². The quantitative estimate of drug-likeness (QED) is 0.673. The molecule has 1 amide bonds. The Morgan fingerprint density at radius 3 is 2.67 bits per heavy atom. The van der Waals surface area contributed by atoms with Crippen molar-refractivity contribution in [3.05, 3.63) is 0 Å². The highest BCUT2D eigenvalue weighted by molar-refractivity contribution is 5.91. The Morgan fingerprint density at radius 2 is 2.06 bits per heavy atom. The summed E-state index contributed by atoms with van der Waals surface area (Å²) in [6.45, 7) is 6.76. The van der Waals surface area contributed by atoms with Gasteiger partial charge in [-0.15, -0.1) is 0 Å². The van der Waals surface area contributed by atoms with E-state index in [1.54, 1.807) is 0 Å². The molecule has 104 valence electrons. The lowest BCUT2D eigenvalue weighted by Gasteiger charge is -2.22. The number of carbonyl (C=O) groups is 1. The fourth-order valence-corrected chi connectivity index (χ4v) is 2.62. The maximum absolute atomic E-state index is 12.2. The molecule has 4 heteroatoms. The molecule has 0 aromatic rings. The molecular formula is C14H26N2O2. The highest BCUT2D eigenvalue weighted by atomic mass is 16.5. The number of ether oxygens (including phenoxy) is 1. The number of carbonyl (C=O) groups excluding carboxylic acids is 1. The molecule has 1 aliphatic heterocycles. The zero-order valence-corrected chi connectivity index (χ0v) is 11.7. The largest absolute Gasteiger partial charge is 0.381 e. The average molecular weight is 254 g/mol. The van der Waals surface area contributed by atoms with Crippen LogP contribution in [0.15, 0.2) is 0 Å². The van der Waals surface area contributed by atoms with Crippen LogP contribution in [0.3, 0.4) is 0 Å². The first kappa shape index (κ1) is 13.8. The van der Waals surface area contributed by atoms with E-state index in [2.05, 4.69) is 19.2 Å². The van der Waals surface area contributed by atoms with Crippen molar-refractivity contribution in [2.75, 3.05) is 19.8 Å². The third kappa shape index (κ3) is 2.86. The topological polar surface area (TPSA) is 41.6 Å². The number of amides is 1. The second kappa shape index (κ2) is 6.02. The monoisotopic (exact) mass is 254 g/mol. The minimum atomic E-state index is -0.163. The first-order chi connectivity index (χ1) is 8.73. The Bertz CT molecular complexity index is 290. The summed E-state index contributed by atoms with van der Waals surface area (Å²) < 4.78 is 5.55. The number of rotatable bonds is 8. The lowest BCUT2D eigenvalue weighted by atomic mass is 10.2. The van der Waals surface area contributed by atoms with Gasteiger partial charge in [-0.3, -0.25) is 10.1 Å². The van der Waals surface area contributed by atoms with Gasteiger partial charge in [-0.2, -0.15) is 0 Å². The summed E-state index contributed by atoms with van der Waals surface area (Å²) in [6, 6.07) is 0. The lowest BCUT2D eigenvalue weighted by molar-refractivity contribution is -0.131. The molecule has 0 radical (unpaired) electrons. The molecule has 4 nitrogen and oxygen atoms in total. The van der Waals surface area contributed by atoms with Gasteiger partial charge in [0.25, 0.3) is 0 Å². The number of unbranched alkanes of at least 4 members (excludes halogenated alkanes) is 1. The summed E-state index contributed by atoms with van der Waals surface area (Å²) in [5.41, 5.74) is -0.163. The number of hydrogen-bond donors (Lipinski definition) is 1. The summed E-state index contributed by atoms with van der Waals surface area (Å²) in [4.78, 5) is 14.3. The molecule has 1 saturated carbocycles. The zero-order valence-electron chi connectivity index (χ0n) is 11.7. The van der Waals surface area contributed by atoms with Gasteiger partial charge in [0.05, 0.1) is 11.7 Å². The van der Waals surface area contributed by atoms with Gasteiger partial charge in [-0.25, -0.2) is 0 Å². The summed E-state index contributed by atoms with van der Waals surface area (Å²) in [7, 11) is 0. The van der Waals surface area contributed by atoms with Crippen molar-refractivity contribution in [2.45, 2.75) is 64.1 Å². The Kier molecular flexibility index (Phi) is 4.62. The van der Waals surface area contributed by atoms with Crippen molar-refractivity contribution in [3.8, 4) is 0 Å². The second-order valence-corrected chi connectivity index (χ2v) is 5.47. The minimum Gasteiger partial charge on any atom is -0.381 e. The zero-order chi connectivity index (χ0) is 13.0. The van der Waals surface area contributed by atoms with Gasteiger partial charge >= 0.3 is 0 Å². The van der Waals surface area contributed by atoms with Crippen molar-refractivity contribution >= 4 is 5.91 Å². The summed E-state index contributed by atoms with van der Waals surface area (Å²) in [6.07, 6.45) is 6.53. The normalized spacial score (nSPS) is 25.1. The molecule has 1 saturated heterocycles. The fourth-order valence-electron chi connectivity index (χ4n) is 2.62. The lowest BCUT2D eigenvalue weighted by Crippen LogP contribution is -2.37. The first-order valence-electron chi connectivity index (χ1n) is 7.40. The van der Waals surface area contributed by atoms with E-state index in [0.717, 1.165) is 51.9 Å². The fraction of sp³-hybridized carbons (Fsp3) is 0.929. The van der Waals surface area contributed by atoms with Crippen molar-refractivity contribution in [3.63, 3.8) is 0 Å². The van der Waals surface area contributed by atoms with Crippen molar-refractivity contribution in [1.29, 1.82) is 0 Å². The number of nitrogens with zero attached hydrogens (tertiary/aromatic N) is 1. The molecule has 2 fully saturated rings. The van der Waals surface area contributed by atoms with Crippen LogP contribution in [-0.4, -0.2) is 42.3 Å². The van der Waals surface area contributed by atoms with Gasteiger partial charge < -0.3 is 9.64 Å². The maximum atomic E-state index is 12.2. The second-order valence-electron chi connectivity index (χ2n) is 5.47. The smallest absolute Gasteiger partial charge is 0.244 e. The Hall–Kier alpha value is -0.610. The van der Waals surface area contributed by atoms with Gasteiger partial charge in [-0.1, -0.05) is 20.3 Å². The van der Waals surface area contributed by atoms with Crippen LogP contribution in [0.5, 0.6) is 0 Å². The van der Waals surface area contributed by atoms with Gasteiger partial charge in [-0.05, 0) is 32.1 Å². The van der Waals surface area contributed by atoms with E-state index in [0.29, 0.717) is 5.91 Å². The first-order valence-corrected chi connectivity index (χ1v) is 7.40. The standard InChI is InChI=1S/C14H26N2O2/c1-3-5-10-18-11-6-9-16-12(4-2)15-14(7-8-14)13(16)17/h12,15H,3-11H2,1-2H3. The molecule has 1 spiro atoms. The molecular weight excluding hydrogens is 228 g/mol. The number of nitrogens with one attached hydrogen (secondary N) is 1. The van der Waals surface area contributed by atoms with E-state index in [4.69, 9.17) is 4.74 Å². The highest BCUT2D eigenvalue weighted by Gasteiger charge is 2.58. The molecule has 0 aromatic carbocycles. The van der Waals surface area contributed by atoms with Crippen LogP contribution in [0.1, 0.15) is 52.4 Å². The van der Waals surface area contributed by atoms with Crippen LogP contribution in [0.2, 0.25) is 0 Å². The van der Waals surface area contributed by atoms with Crippen LogP contribution in [0.4, 0.5) is 0 Å². The third-order valence-corrected chi connectivity index (χ3v) is 3.96. The van der Waals surface area contributed by atoms with Crippen LogP contribution in [0, 0.1) is 0 Å². The van der Waals surface area contributed by atoms with Crippen molar-refractivity contribution < 1.29 is 9.53 Å². The van der Waals surface area contributed by atoms with Crippen LogP contribution in [0.25, 0.3) is 0 Å². The number of hydrogen-bond acceptors (Lipinski definition) is 3. The van der Waals surface area contributed by atoms with Crippen molar-refractivity contribution in [1.82, 2.24) is 10.2 Å². The van der Waals surface area contributed by atoms with Crippen LogP contribution >= 0.6 is 0 Å². The van der Waals surface area contributed by atoms with Crippen LogP contribution < -0.4 is 5.32 Å². The maximum Gasteiger partial charge on any atom is 0.244 e. The molecule has 1 aliphatic carbocycles. The van der Waals surface area contributed by atoms with Crippen LogP contribution in [-0.2, 0) is 9.53 Å². The SMILES string of the molecule is CCCCOCCCN1C(=O)C2(CC2)NC1CC. The predicted octanol–water partition coefficient (Wildman–Crippen LogP) is 1.89. The van der Waals surface area contributed by atoms with Gasteiger partial charge in [0.2, 0.25) is 5.91 Å². The van der Waals surface area contributed by atoms with Gasteiger partial charge in [0, 0.05) is 19.8 Å². The average Bonchev–Trinajstić information content (AvgIpc) is 3.10. The molecule has 0 bridgehead atoms. The molecule has 1 N–H and O–H groups in total. The van der Waals surface area contributed by atoms with Crippen molar-refractivity contribution in [2.24, 2.45) is 0 Å². The third-order valence-electron chi connectivity index (χ3n) is 3.96. The molecule has 0 aromatic heterocycles. The van der Waals surface area contributed by atoms with E-state index in [-0.39, 0.29) is 11.7 Å². The molecule has 2 rings (SSSR count). The summed E-state index contributed by atoms with van der Waals surface area (Å²) in [5.74, 6) is 0.322. The molecule has 18 heavy (non-hydrogen) atoms. The molecule has 2 aliphatic rings. The minimum absolute atomic E-state index is 0.163. The predicted molar refractivity (Wildman–Crippen MR) is 71.2 cm³/mol. The van der Waals surface area contributed by atoms with Gasteiger partial charge in [0.1, 0.15) is 0 Å². The molecule has 1 unspecified atom stereocenters. The van der Waals surface area contributed by atoms with E-state index in [1.807, 2.05) is 4.90 Å². The Balaban J connectivity index is 1.69. The Morgan fingerprint density at radius 1 is 1.33 bits per heavy atom. The molecule has 1 heterocycles.